The lowest BCUT2D eigenvalue weighted by atomic mass is 10.2. The number of hydrogen-bond acceptors (Lipinski definition) is 8. The Bertz CT molecular complexity index is 909. The average molecular weight is 384 g/mol. The van der Waals surface area contributed by atoms with E-state index in [-0.39, 0.29) is 11.9 Å². The number of hydrogen-bond donors (Lipinski definition) is 2. The number of aromatic nitrogens is 3. The monoisotopic (exact) mass is 384 g/mol. The Kier molecular flexibility index (Phi) is 5.23. The van der Waals surface area contributed by atoms with E-state index in [9.17, 15) is 4.79 Å². The summed E-state index contributed by atoms with van der Waals surface area (Å²) in [5.74, 6) is 1.03. The van der Waals surface area contributed by atoms with Crippen LogP contribution in [-0.2, 0) is 6.42 Å². The van der Waals surface area contributed by atoms with Crippen LogP contribution in [0.4, 0.5) is 5.13 Å². The minimum atomic E-state index is -0.176. The number of amides is 1. The molecule has 9 heteroatoms. The van der Waals surface area contributed by atoms with Crippen molar-refractivity contribution in [2.24, 2.45) is 0 Å². The zero-order valence-corrected chi connectivity index (χ0v) is 15.7. The fourth-order valence-electron chi connectivity index (χ4n) is 2.93. The van der Waals surface area contributed by atoms with Crippen LogP contribution in [0, 0.1) is 0 Å². The molecule has 3 heterocycles. The van der Waals surface area contributed by atoms with Crippen LogP contribution in [0.3, 0.4) is 0 Å². The summed E-state index contributed by atoms with van der Waals surface area (Å²) in [4.78, 5) is 23.4. The van der Waals surface area contributed by atoms with Gasteiger partial charge in [-0.3, -0.25) is 15.0 Å². The molecule has 0 radical (unpaired) electrons. The molecule has 140 valence electrons. The van der Waals surface area contributed by atoms with Gasteiger partial charge in [0.15, 0.2) is 11.0 Å². The van der Waals surface area contributed by atoms with Gasteiger partial charge in [-0.05, 0) is 19.2 Å². The minimum absolute atomic E-state index is 0.118. The van der Waals surface area contributed by atoms with Gasteiger partial charge in [0.25, 0.3) is 5.91 Å². The van der Waals surface area contributed by atoms with Gasteiger partial charge in [-0.1, -0.05) is 23.4 Å². The van der Waals surface area contributed by atoms with E-state index in [4.69, 9.17) is 4.52 Å². The summed E-state index contributed by atoms with van der Waals surface area (Å²) in [6.07, 6.45) is 0.439. The molecule has 1 aliphatic heterocycles. The highest BCUT2D eigenvalue weighted by molar-refractivity contribution is 7.14. The standard InChI is InChI=1S/C18H20N6O2S/c1-24-8-7-19-10-14(24)16-21-15(26-23-16)9-13-11-27-18(20-13)22-17(25)12-5-3-2-4-6-12/h2-6,11,14,19H,7-10H2,1H3,(H,20,22,25). The van der Waals surface area contributed by atoms with Gasteiger partial charge in [0.2, 0.25) is 5.89 Å². The Morgan fingerprint density at radius 2 is 2.22 bits per heavy atom. The normalized spacial score (nSPS) is 17.7. The molecule has 0 aliphatic carbocycles. The molecular formula is C18H20N6O2S. The highest BCUT2D eigenvalue weighted by atomic mass is 32.1. The third-order valence-electron chi connectivity index (χ3n) is 4.43. The minimum Gasteiger partial charge on any atom is -0.339 e. The van der Waals surface area contributed by atoms with E-state index in [0.29, 0.717) is 28.8 Å². The smallest absolute Gasteiger partial charge is 0.257 e. The number of piperazine rings is 1. The molecule has 2 N–H and O–H groups in total. The Morgan fingerprint density at radius 1 is 1.37 bits per heavy atom. The molecule has 2 aromatic heterocycles. The zero-order chi connectivity index (χ0) is 18.6. The first-order valence-electron chi connectivity index (χ1n) is 8.73. The largest absolute Gasteiger partial charge is 0.339 e. The quantitative estimate of drug-likeness (QED) is 0.694. The second-order valence-electron chi connectivity index (χ2n) is 6.39. The molecule has 0 spiro atoms. The van der Waals surface area contributed by atoms with E-state index >= 15 is 0 Å². The van der Waals surface area contributed by atoms with E-state index in [1.807, 2.05) is 23.6 Å². The van der Waals surface area contributed by atoms with Crippen LogP contribution in [0.25, 0.3) is 0 Å². The van der Waals surface area contributed by atoms with Crippen molar-refractivity contribution in [2.75, 3.05) is 32.0 Å². The van der Waals surface area contributed by atoms with Crippen molar-refractivity contribution in [1.82, 2.24) is 25.3 Å². The molecule has 1 atom stereocenters. The summed E-state index contributed by atoms with van der Waals surface area (Å²) in [6.45, 7) is 2.72. The topological polar surface area (TPSA) is 96.2 Å². The Morgan fingerprint density at radius 3 is 3.04 bits per heavy atom. The van der Waals surface area contributed by atoms with E-state index in [1.54, 1.807) is 12.1 Å². The highest BCUT2D eigenvalue weighted by Crippen LogP contribution is 2.21. The maximum Gasteiger partial charge on any atom is 0.257 e. The molecular weight excluding hydrogens is 364 g/mol. The van der Waals surface area contributed by atoms with Gasteiger partial charge >= 0.3 is 0 Å². The fraction of sp³-hybridized carbons (Fsp3) is 0.333. The van der Waals surface area contributed by atoms with Crippen molar-refractivity contribution >= 4 is 22.4 Å². The van der Waals surface area contributed by atoms with Crippen molar-refractivity contribution in [1.29, 1.82) is 0 Å². The molecule has 3 aromatic rings. The molecule has 1 unspecified atom stereocenters. The van der Waals surface area contributed by atoms with Crippen molar-refractivity contribution in [2.45, 2.75) is 12.5 Å². The van der Waals surface area contributed by atoms with Crippen LogP contribution in [0.15, 0.2) is 40.2 Å². The SMILES string of the molecule is CN1CCNCC1c1noc(Cc2csc(NC(=O)c3ccccc3)n2)n1. The molecule has 8 nitrogen and oxygen atoms in total. The van der Waals surface area contributed by atoms with Crippen LogP contribution in [0.5, 0.6) is 0 Å². The highest BCUT2D eigenvalue weighted by Gasteiger charge is 2.25. The second kappa shape index (κ2) is 7.95. The maximum absolute atomic E-state index is 12.2. The van der Waals surface area contributed by atoms with E-state index in [2.05, 4.69) is 37.7 Å². The van der Waals surface area contributed by atoms with E-state index < -0.39 is 0 Å². The number of nitrogens with one attached hydrogen (secondary N) is 2. The second-order valence-corrected chi connectivity index (χ2v) is 7.25. The molecule has 4 rings (SSSR count). The van der Waals surface area contributed by atoms with Gasteiger partial charge in [0.1, 0.15) is 0 Å². The van der Waals surface area contributed by atoms with Crippen molar-refractivity contribution < 1.29 is 9.32 Å². The molecule has 1 fully saturated rings. The number of carbonyl (C=O) groups excluding carboxylic acids is 1. The van der Waals surface area contributed by atoms with Crippen molar-refractivity contribution in [3.05, 3.63) is 58.7 Å². The number of nitrogens with zero attached hydrogens (tertiary/aromatic N) is 4. The van der Waals surface area contributed by atoms with Crippen LogP contribution in [0.1, 0.15) is 33.8 Å². The van der Waals surface area contributed by atoms with Crippen LogP contribution in [-0.4, -0.2) is 52.6 Å². The molecule has 1 aliphatic rings. The zero-order valence-electron chi connectivity index (χ0n) is 14.9. The van der Waals surface area contributed by atoms with Crippen LogP contribution >= 0.6 is 11.3 Å². The Hall–Kier alpha value is -2.62. The number of anilines is 1. The lowest BCUT2D eigenvalue weighted by Gasteiger charge is -2.30. The number of carbonyl (C=O) groups is 1. The molecule has 1 aromatic carbocycles. The molecule has 1 saturated heterocycles. The fourth-order valence-corrected chi connectivity index (χ4v) is 3.63. The summed E-state index contributed by atoms with van der Waals surface area (Å²) >= 11 is 1.38. The van der Waals surface area contributed by atoms with Crippen molar-refractivity contribution in [3.63, 3.8) is 0 Å². The molecule has 27 heavy (non-hydrogen) atoms. The summed E-state index contributed by atoms with van der Waals surface area (Å²) < 4.78 is 5.39. The first kappa shape index (κ1) is 17.8. The van der Waals surface area contributed by atoms with Gasteiger partial charge < -0.3 is 9.84 Å². The average Bonchev–Trinajstić information content (AvgIpc) is 3.33. The number of thiazole rings is 1. The van der Waals surface area contributed by atoms with Crippen molar-refractivity contribution in [3.8, 4) is 0 Å². The lowest BCUT2D eigenvalue weighted by molar-refractivity contribution is 0.102. The first-order chi connectivity index (χ1) is 13.2. The predicted octanol–water partition coefficient (Wildman–Crippen LogP) is 1.95. The number of benzene rings is 1. The number of likely N-dealkylation sites (N-methyl/N-ethyl adjacent to an activating group) is 1. The van der Waals surface area contributed by atoms with Gasteiger partial charge in [0.05, 0.1) is 18.2 Å². The Labute approximate surface area is 160 Å². The van der Waals surface area contributed by atoms with Gasteiger partial charge in [0, 0.05) is 30.6 Å². The van der Waals surface area contributed by atoms with Crippen LogP contribution in [0.2, 0.25) is 0 Å². The predicted molar refractivity (Wildman–Crippen MR) is 102 cm³/mol. The maximum atomic E-state index is 12.2. The summed E-state index contributed by atoms with van der Waals surface area (Å²) in [5.41, 5.74) is 1.38. The Balaban J connectivity index is 1.39. The molecule has 0 saturated carbocycles. The van der Waals surface area contributed by atoms with E-state index in [0.717, 1.165) is 25.3 Å². The third-order valence-corrected chi connectivity index (χ3v) is 5.24. The molecule has 0 bridgehead atoms. The summed E-state index contributed by atoms with van der Waals surface area (Å²) in [5, 5.41) is 12.7. The third kappa shape index (κ3) is 4.21. The number of rotatable bonds is 5. The van der Waals surface area contributed by atoms with Gasteiger partial charge in [-0.15, -0.1) is 11.3 Å². The van der Waals surface area contributed by atoms with Gasteiger partial charge in [-0.2, -0.15) is 4.98 Å². The van der Waals surface area contributed by atoms with E-state index in [1.165, 1.54) is 11.3 Å². The molecule has 1 amide bonds. The summed E-state index contributed by atoms with van der Waals surface area (Å²) in [7, 11) is 2.06. The van der Waals surface area contributed by atoms with Crippen LogP contribution < -0.4 is 10.6 Å². The lowest BCUT2D eigenvalue weighted by Crippen LogP contribution is -2.44. The van der Waals surface area contributed by atoms with Gasteiger partial charge in [-0.25, -0.2) is 4.98 Å². The summed E-state index contributed by atoms with van der Waals surface area (Å²) in [6, 6.07) is 9.18. The first-order valence-corrected chi connectivity index (χ1v) is 9.61.